The van der Waals surface area contributed by atoms with Crippen molar-refractivity contribution in [3.63, 3.8) is 0 Å². The van der Waals surface area contributed by atoms with Gasteiger partial charge in [-0.2, -0.15) is 4.72 Å². The molecule has 0 aliphatic carbocycles. The van der Waals surface area contributed by atoms with E-state index in [2.05, 4.69) is 4.72 Å². The molecular weight excluding hydrogens is 312 g/mol. The van der Waals surface area contributed by atoms with Crippen molar-refractivity contribution in [3.8, 4) is 0 Å². The summed E-state index contributed by atoms with van der Waals surface area (Å²) in [6, 6.07) is 14.8. The first-order valence-electron chi connectivity index (χ1n) is 6.99. The smallest absolute Gasteiger partial charge is 0.240 e. The van der Waals surface area contributed by atoms with Crippen molar-refractivity contribution in [2.24, 2.45) is 5.73 Å². The summed E-state index contributed by atoms with van der Waals surface area (Å²) in [6.07, 6.45) is 1.46. The highest BCUT2D eigenvalue weighted by Crippen LogP contribution is 2.14. The summed E-state index contributed by atoms with van der Waals surface area (Å²) in [5, 5.41) is 1.02. The van der Waals surface area contributed by atoms with Gasteiger partial charge in [-0.15, -0.1) is 0 Å². The fourth-order valence-corrected chi connectivity index (χ4v) is 2.98. The SMILES string of the molecule is Cc1ccc(/C=C/S(=O)(=O)N[C@H](C(N)=O)c2ccccc2)cc1. The van der Waals surface area contributed by atoms with Gasteiger partial charge in [0.05, 0.1) is 0 Å². The van der Waals surface area contributed by atoms with Crippen molar-refractivity contribution < 1.29 is 13.2 Å². The second-order valence-electron chi connectivity index (χ2n) is 5.12. The molecule has 2 aromatic rings. The molecule has 0 spiro atoms. The van der Waals surface area contributed by atoms with Crippen LogP contribution in [0, 0.1) is 6.92 Å². The Kier molecular flexibility index (Phi) is 5.31. The lowest BCUT2D eigenvalue weighted by molar-refractivity contribution is -0.119. The van der Waals surface area contributed by atoms with Gasteiger partial charge in [-0.3, -0.25) is 4.79 Å². The van der Waals surface area contributed by atoms with Gasteiger partial charge in [0.25, 0.3) is 0 Å². The molecule has 0 aromatic heterocycles. The van der Waals surface area contributed by atoms with Crippen molar-refractivity contribution in [2.45, 2.75) is 13.0 Å². The number of amides is 1. The number of hydrogen-bond acceptors (Lipinski definition) is 3. The van der Waals surface area contributed by atoms with E-state index < -0.39 is 22.0 Å². The van der Waals surface area contributed by atoms with Crippen LogP contribution in [0.1, 0.15) is 22.7 Å². The van der Waals surface area contributed by atoms with Crippen molar-refractivity contribution in [1.29, 1.82) is 0 Å². The van der Waals surface area contributed by atoms with Crippen LogP contribution in [0.2, 0.25) is 0 Å². The fraction of sp³-hybridized carbons (Fsp3) is 0.118. The fourth-order valence-electron chi connectivity index (χ4n) is 1.99. The molecule has 120 valence electrons. The van der Waals surface area contributed by atoms with E-state index in [0.29, 0.717) is 5.56 Å². The zero-order valence-electron chi connectivity index (χ0n) is 12.6. The third kappa shape index (κ3) is 5.05. The van der Waals surface area contributed by atoms with Gasteiger partial charge < -0.3 is 5.73 Å². The van der Waals surface area contributed by atoms with Gasteiger partial charge in [-0.25, -0.2) is 8.42 Å². The van der Waals surface area contributed by atoms with Gasteiger partial charge in [-0.1, -0.05) is 60.2 Å². The van der Waals surface area contributed by atoms with Crippen LogP contribution in [0.3, 0.4) is 0 Å². The minimum atomic E-state index is -3.81. The zero-order chi connectivity index (χ0) is 16.9. The Morgan fingerprint density at radius 1 is 1.09 bits per heavy atom. The van der Waals surface area contributed by atoms with Crippen molar-refractivity contribution in [1.82, 2.24) is 4.72 Å². The topological polar surface area (TPSA) is 89.3 Å². The van der Waals surface area contributed by atoms with Crippen molar-refractivity contribution in [2.75, 3.05) is 0 Å². The van der Waals surface area contributed by atoms with Crippen LogP contribution in [0.25, 0.3) is 6.08 Å². The van der Waals surface area contributed by atoms with Crippen LogP contribution in [-0.4, -0.2) is 14.3 Å². The molecule has 0 fully saturated rings. The number of nitrogens with one attached hydrogen (secondary N) is 1. The van der Waals surface area contributed by atoms with Crippen LogP contribution in [0.15, 0.2) is 60.0 Å². The normalized spacial score (nSPS) is 13.1. The van der Waals surface area contributed by atoms with E-state index in [1.54, 1.807) is 30.3 Å². The molecule has 0 heterocycles. The molecule has 6 heteroatoms. The molecule has 2 rings (SSSR count). The lowest BCUT2D eigenvalue weighted by Crippen LogP contribution is -2.36. The summed E-state index contributed by atoms with van der Waals surface area (Å²) in [6.45, 7) is 1.95. The minimum absolute atomic E-state index is 0.493. The number of hydrogen-bond donors (Lipinski definition) is 2. The maximum absolute atomic E-state index is 12.2. The van der Waals surface area contributed by atoms with E-state index in [1.165, 1.54) is 6.08 Å². The summed E-state index contributed by atoms with van der Waals surface area (Å²) in [5.41, 5.74) is 7.63. The Morgan fingerprint density at radius 2 is 1.70 bits per heavy atom. The van der Waals surface area contributed by atoms with E-state index in [9.17, 15) is 13.2 Å². The number of aryl methyl sites for hydroxylation is 1. The van der Waals surface area contributed by atoms with Gasteiger partial charge in [0.15, 0.2) is 0 Å². The van der Waals surface area contributed by atoms with Gasteiger partial charge >= 0.3 is 0 Å². The maximum Gasteiger partial charge on any atom is 0.240 e. The maximum atomic E-state index is 12.2. The van der Waals surface area contributed by atoms with E-state index in [-0.39, 0.29) is 0 Å². The molecule has 0 aliphatic heterocycles. The van der Waals surface area contributed by atoms with Gasteiger partial charge in [0.2, 0.25) is 15.9 Å². The first-order chi connectivity index (χ1) is 10.9. The highest BCUT2D eigenvalue weighted by Gasteiger charge is 2.22. The third-order valence-corrected chi connectivity index (χ3v) is 4.28. The first kappa shape index (κ1) is 16.9. The number of nitrogens with two attached hydrogens (primary N) is 1. The van der Waals surface area contributed by atoms with E-state index in [1.807, 2.05) is 31.2 Å². The Labute approximate surface area is 135 Å². The van der Waals surface area contributed by atoms with E-state index >= 15 is 0 Å². The Balaban J connectivity index is 2.18. The van der Waals surface area contributed by atoms with Crippen molar-refractivity contribution in [3.05, 3.63) is 76.7 Å². The summed E-state index contributed by atoms with van der Waals surface area (Å²) in [7, 11) is -3.81. The van der Waals surface area contributed by atoms with Crippen LogP contribution in [-0.2, 0) is 14.8 Å². The average molecular weight is 330 g/mol. The van der Waals surface area contributed by atoms with Crippen LogP contribution in [0.5, 0.6) is 0 Å². The number of benzene rings is 2. The van der Waals surface area contributed by atoms with Crippen LogP contribution >= 0.6 is 0 Å². The largest absolute Gasteiger partial charge is 0.368 e. The second kappa shape index (κ2) is 7.21. The molecule has 23 heavy (non-hydrogen) atoms. The van der Waals surface area contributed by atoms with Crippen LogP contribution < -0.4 is 10.5 Å². The molecule has 0 unspecified atom stereocenters. The van der Waals surface area contributed by atoms with E-state index in [4.69, 9.17) is 5.73 Å². The number of sulfonamides is 1. The van der Waals surface area contributed by atoms with Crippen molar-refractivity contribution >= 4 is 22.0 Å². The molecule has 0 saturated carbocycles. The highest BCUT2D eigenvalue weighted by molar-refractivity contribution is 7.92. The molecule has 1 atom stereocenters. The summed E-state index contributed by atoms with van der Waals surface area (Å²) in [5.74, 6) is -0.761. The molecule has 0 saturated heterocycles. The molecule has 0 radical (unpaired) electrons. The average Bonchev–Trinajstić information content (AvgIpc) is 2.53. The molecule has 0 bridgehead atoms. The number of rotatable bonds is 6. The second-order valence-corrected chi connectivity index (χ2v) is 6.72. The zero-order valence-corrected chi connectivity index (χ0v) is 13.5. The van der Waals surface area contributed by atoms with Gasteiger partial charge in [0, 0.05) is 5.41 Å². The Bertz CT molecular complexity index is 797. The molecule has 1 amide bonds. The number of primary amides is 1. The van der Waals surface area contributed by atoms with Gasteiger partial charge in [-0.05, 0) is 24.1 Å². The summed E-state index contributed by atoms with van der Waals surface area (Å²) in [4.78, 5) is 11.6. The number of carbonyl (C=O) groups excluding carboxylic acids is 1. The van der Waals surface area contributed by atoms with Crippen LogP contribution in [0.4, 0.5) is 0 Å². The first-order valence-corrected chi connectivity index (χ1v) is 8.53. The van der Waals surface area contributed by atoms with E-state index in [0.717, 1.165) is 16.5 Å². The minimum Gasteiger partial charge on any atom is -0.368 e. The summed E-state index contributed by atoms with van der Waals surface area (Å²) >= 11 is 0. The Morgan fingerprint density at radius 3 is 2.26 bits per heavy atom. The monoisotopic (exact) mass is 330 g/mol. The Hall–Kier alpha value is -2.44. The number of carbonyl (C=O) groups is 1. The lowest BCUT2D eigenvalue weighted by Gasteiger charge is -2.14. The molecule has 2 aromatic carbocycles. The third-order valence-electron chi connectivity index (χ3n) is 3.22. The molecular formula is C17H18N2O3S. The quantitative estimate of drug-likeness (QED) is 0.850. The standard InChI is InChI=1S/C17H18N2O3S/c1-13-7-9-14(10-8-13)11-12-23(21,22)19-16(17(18)20)15-5-3-2-4-6-15/h2-12,16,19H,1H3,(H2,18,20)/b12-11+/t16-/m0/s1. The molecule has 3 N–H and O–H groups in total. The van der Waals surface area contributed by atoms with Gasteiger partial charge in [0.1, 0.15) is 6.04 Å². The molecule has 0 aliphatic rings. The predicted octanol–water partition coefficient (Wildman–Crippen LogP) is 2.11. The summed E-state index contributed by atoms with van der Waals surface area (Å²) < 4.78 is 26.6. The lowest BCUT2D eigenvalue weighted by atomic mass is 10.1. The predicted molar refractivity (Wildman–Crippen MR) is 90.6 cm³/mol. The molecule has 5 nitrogen and oxygen atoms in total. The highest BCUT2D eigenvalue weighted by atomic mass is 32.2.